The van der Waals surface area contributed by atoms with Crippen molar-refractivity contribution >= 4 is 17.4 Å². The summed E-state index contributed by atoms with van der Waals surface area (Å²) >= 11 is 0. The third-order valence-corrected chi connectivity index (χ3v) is 4.95. The first kappa shape index (κ1) is 20.5. The molecular weight excluding hydrogens is 392 g/mol. The Morgan fingerprint density at radius 3 is 2.23 bits per heavy atom. The van der Waals surface area contributed by atoms with Crippen molar-refractivity contribution in [2.45, 2.75) is 19.4 Å². The second-order valence-corrected chi connectivity index (χ2v) is 7.22. The summed E-state index contributed by atoms with van der Waals surface area (Å²) in [5.41, 5.74) is 5.39. The van der Waals surface area contributed by atoms with Gasteiger partial charge in [0.1, 0.15) is 13.2 Å². The topological polar surface area (TPSA) is 67.9 Å². The Bertz CT molecular complexity index is 1040. The van der Waals surface area contributed by atoms with E-state index in [9.17, 15) is 9.59 Å². The molecule has 6 heteroatoms. The van der Waals surface area contributed by atoms with Crippen molar-refractivity contribution in [3.8, 4) is 11.5 Å². The van der Waals surface area contributed by atoms with E-state index >= 15 is 0 Å². The maximum absolute atomic E-state index is 12.6. The maximum Gasteiger partial charge on any atom is 0.238 e. The van der Waals surface area contributed by atoms with Gasteiger partial charge in [-0.25, -0.2) is 0 Å². The first-order chi connectivity index (χ1) is 15.2. The predicted octanol–water partition coefficient (Wildman–Crippen LogP) is 4.16. The molecule has 6 nitrogen and oxygen atoms in total. The van der Waals surface area contributed by atoms with Crippen LogP contribution in [0, 0.1) is 0 Å². The number of benzene rings is 3. The molecular formula is C25H24N2O4. The molecule has 0 atom stereocenters. The minimum Gasteiger partial charge on any atom is -0.486 e. The predicted molar refractivity (Wildman–Crippen MR) is 118 cm³/mol. The van der Waals surface area contributed by atoms with E-state index in [1.807, 2.05) is 60.7 Å². The van der Waals surface area contributed by atoms with E-state index in [0.29, 0.717) is 36.8 Å². The lowest BCUT2D eigenvalue weighted by Gasteiger charge is -2.25. The first-order valence-corrected chi connectivity index (χ1v) is 10.3. The summed E-state index contributed by atoms with van der Waals surface area (Å²) in [6.07, 6.45) is 0.199. The van der Waals surface area contributed by atoms with Crippen LogP contribution >= 0.6 is 0 Å². The number of hydrogen-bond donors (Lipinski definition) is 1. The average Bonchev–Trinajstić information content (AvgIpc) is 2.83. The molecule has 0 radical (unpaired) electrons. The lowest BCUT2D eigenvalue weighted by atomic mass is 10.1. The number of anilines is 1. The number of amides is 1. The molecule has 158 valence electrons. The third-order valence-electron chi connectivity index (χ3n) is 4.95. The number of para-hydroxylation sites is 1. The molecule has 0 fully saturated rings. The summed E-state index contributed by atoms with van der Waals surface area (Å²) in [5, 5.41) is 1.80. The van der Waals surface area contributed by atoms with Gasteiger partial charge >= 0.3 is 0 Å². The van der Waals surface area contributed by atoms with Crippen molar-refractivity contribution < 1.29 is 19.1 Å². The van der Waals surface area contributed by atoms with Gasteiger partial charge in [-0.2, -0.15) is 0 Å². The van der Waals surface area contributed by atoms with Crippen LogP contribution < -0.4 is 19.9 Å². The molecule has 1 aliphatic heterocycles. The Morgan fingerprint density at radius 1 is 0.806 bits per heavy atom. The van der Waals surface area contributed by atoms with Crippen LogP contribution in [0.25, 0.3) is 0 Å². The van der Waals surface area contributed by atoms with Gasteiger partial charge in [0.05, 0.1) is 12.2 Å². The number of hydrogen-bond acceptors (Lipinski definition) is 5. The Balaban J connectivity index is 1.38. The fraction of sp³-hybridized carbons (Fsp3) is 0.200. The van der Waals surface area contributed by atoms with Crippen LogP contribution in [0.2, 0.25) is 0 Å². The molecule has 0 aromatic heterocycles. The van der Waals surface area contributed by atoms with Crippen LogP contribution in [-0.2, 0) is 11.3 Å². The van der Waals surface area contributed by atoms with Crippen molar-refractivity contribution in [1.82, 2.24) is 5.43 Å². The molecule has 1 N–H and O–H groups in total. The fourth-order valence-electron chi connectivity index (χ4n) is 3.36. The number of ether oxygens (including phenoxy) is 2. The molecule has 0 saturated heterocycles. The Labute approximate surface area is 181 Å². The average molecular weight is 416 g/mol. The molecule has 0 spiro atoms. The van der Waals surface area contributed by atoms with Crippen LogP contribution in [0.5, 0.6) is 11.5 Å². The molecule has 1 heterocycles. The zero-order valence-corrected chi connectivity index (χ0v) is 17.1. The highest BCUT2D eigenvalue weighted by Crippen LogP contribution is 2.31. The van der Waals surface area contributed by atoms with E-state index in [0.717, 1.165) is 11.3 Å². The SMILES string of the molecule is O=C(CCC(=O)c1ccc2c(c1)OCCO2)NN(Cc1ccccc1)c1ccccc1. The lowest BCUT2D eigenvalue weighted by Crippen LogP contribution is -2.42. The number of rotatable bonds is 8. The molecule has 31 heavy (non-hydrogen) atoms. The number of fused-ring (bicyclic) bond motifs is 1. The Kier molecular flexibility index (Phi) is 6.47. The Morgan fingerprint density at radius 2 is 1.48 bits per heavy atom. The van der Waals surface area contributed by atoms with Crippen molar-refractivity contribution in [3.63, 3.8) is 0 Å². The molecule has 0 bridgehead atoms. The first-order valence-electron chi connectivity index (χ1n) is 10.3. The van der Waals surface area contributed by atoms with Crippen LogP contribution in [0.3, 0.4) is 0 Å². The second kappa shape index (κ2) is 9.80. The maximum atomic E-state index is 12.6. The Hall–Kier alpha value is -3.80. The van der Waals surface area contributed by atoms with Crippen LogP contribution in [0.4, 0.5) is 5.69 Å². The number of nitrogens with one attached hydrogen (secondary N) is 1. The van der Waals surface area contributed by atoms with E-state index in [4.69, 9.17) is 9.47 Å². The minimum absolute atomic E-state index is 0.0887. The molecule has 3 aromatic carbocycles. The second-order valence-electron chi connectivity index (χ2n) is 7.22. The van der Waals surface area contributed by atoms with Crippen LogP contribution in [-0.4, -0.2) is 24.9 Å². The molecule has 1 aliphatic rings. The van der Waals surface area contributed by atoms with Crippen molar-refractivity contribution in [1.29, 1.82) is 0 Å². The monoisotopic (exact) mass is 416 g/mol. The van der Waals surface area contributed by atoms with E-state index < -0.39 is 0 Å². The lowest BCUT2D eigenvalue weighted by molar-refractivity contribution is -0.121. The quantitative estimate of drug-likeness (QED) is 0.441. The van der Waals surface area contributed by atoms with Crippen molar-refractivity contribution in [2.75, 3.05) is 18.2 Å². The van der Waals surface area contributed by atoms with Gasteiger partial charge in [-0.1, -0.05) is 48.5 Å². The van der Waals surface area contributed by atoms with Gasteiger partial charge in [0.15, 0.2) is 17.3 Å². The highest BCUT2D eigenvalue weighted by molar-refractivity contribution is 5.98. The van der Waals surface area contributed by atoms with Crippen molar-refractivity contribution in [3.05, 3.63) is 90.0 Å². The molecule has 0 saturated carbocycles. The van der Waals surface area contributed by atoms with E-state index in [-0.39, 0.29) is 24.5 Å². The zero-order valence-electron chi connectivity index (χ0n) is 17.1. The standard InChI is InChI=1S/C25H24N2O4/c28-22(20-11-13-23-24(17-20)31-16-15-30-23)12-14-25(29)26-27(21-9-5-2-6-10-21)18-19-7-3-1-4-8-19/h1-11,13,17H,12,14-16,18H2,(H,26,29). The number of carbonyl (C=O) groups excluding carboxylic acids is 2. The number of nitrogens with zero attached hydrogens (tertiary/aromatic N) is 1. The van der Waals surface area contributed by atoms with Gasteiger partial charge in [-0.05, 0) is 35.9 Å². The van der Waals surface area contributed by atoms with Gasteiger partial charge in [-0.3, -0.25) is 20.0 Å². The normalized spacial score (nSPS) is 12.1. The van der Waals surface area contributed by atoms with Gasteiger partial charge in [0.2, 0.25) is 5.91 Å². The van der Waals surface area contributed by atoms with E-state index in [1.165, 1.54) is 0 Å². The molecule has 0 aliphatic carbocycles. The summed E-state index contributed by atoms with van der Waals surface area (Å²) < 4.78 is 11.0. The van der Waals surface area contributed by atoms with E-state index in [2.05, 4.69) is 5.43 Å². The largest absolute Gasteiger partial charge is 0.486 e. The van der Waals surface area contributed by atoms with E-state index in [1.54, 1.807) is 23.2 Å². The molecule has 1 amide bonds. The smallest absolute Gasteiger partial charge is 0.238 e. The summed E-state index contributed by atoms with van der Waals surface area (Å²) in [6.45, 7) is 1.48. The molecule has 3 aromatic rings. The van der Waals surface area contributed by atoms with Gasteiger partial charge in [0, 0.05) is 18.4 Å². The van der Waals surface area contributed by atoms with Crippen LogP contribution in [0.15, 0.2) is 78.9 Å². The number of Topliss-reactive ketones (excluding diaryl/α,β-unsaturated/α-hetero) is 1. The highest BCUT2D eigenvalue weighted by atomic mass is 16.6. The summed E-state index contributed by atoms with van der Waals surface area (Å²) in [5.74, 6) is 0.881. The number of hydrazine groups is 1. The van der Waals surface area contributed by atoms with Gasteiger partial charge in [-0.15, -0.1) is 0 Å². The third kappa shape index (κ3) is 5.42. The minimum atomic E-state index is -0.217. The van der Waals surface area contributed by atoms with Gasteiger partial charge < -0.3 is 9.47 Å². The summed E-state index contributed by atoms with van der Waals surface area (Å²) in [6, 6.07) is 24.7. The molecule has 0 unspecified atom stereocenters. The summed E-state index contributed by atoms with van der Waals surface area (Å²) in [4.78, 5) is 25.2. The number of carbonyl (C=O) groups is 2. The van der Waals surface area contributed by atoms with Gasteiger partial charge in [0.25, 0.3) is 0 Å². The van der Waals surface area contributed by atoms with Crippen molar-refractivity contribution in [2.24, 2.45) is 0 Å². The fourth-order valence-corrected chi connectivity index (χ4v) is 3.36. The van der Waals surface area contributed by atoms with Crippen LogP contribution in [0.1, 0.15) is 28.8 Å². The highest BCUT2D eigenvalue weighted by Gasteiger charge is 2.17. The zero-order chi connectivity index (χ0) is 21.5. The molecule has 4 rings (SSSR count). The summed E-state index contributed by atoms with van der Waals surface area (Å²) in [7, 11) is 0. The number of ketones is 1.